The lowest BCUT2D eigenvalue weighted by atomic mass is 10.0. The van der Waals surface area contributed by atoms with Crippen LogP contribution in [0.1, 0.15) is 24.1 Å². The summed E-state index contributed by atoms with van der Waals surface area (Å²) < 4.78 is 26.7. The maximum absolute atomic E-state index is 13.6. The van der Waals surface area contributed by atoms with Crippen LogP contribution in [0.5, 0.6) is 0 Å². The lowest BCUT2D eigenvalue weighted by Gasteiger charge is -2.14. The third kappa shape index (κ3) is 3.91. The molecule has 25 heavy (non-hydrogen) atoms. The van der Waals surface area contributed by atoms with E-state index >= 15 is 0 Å². The zero-order chi connectivity index (χ0) is 17.8. The Kier molecular flexibility index (Phi) is 4.89. The van der Waals surface area contributed by atoms with Crippen molar-refractivity contribution in [3.8, 4) is 0 Å². The van der Waals surface area contributed by atoms with E-state index in [1.807, 2.05) is 49.4 Å². The second kappa shape index (κ2) is 7.26. The molecule has 0 saturated heterocycles. The Morgan fingerprint density at radius 2 is 1.76 bits per heavy atom. The smallest absolute Gasteiger partial charge is 0.244 e. The normalized spacial score (nSPS) is 12.4. The Morgan fingerprint density at radius 1 is 1.00 bits per heavy atom. The van der Waals surface area contributed by atoms with Gasteiger partial charge in [-0.1, -0.05) is 48.5 Å². The lowest BCUT2D eigenvalue weighted by molar-refractivity contribution is -0.117. The first kappa shape index (κ1) is 16.8. The van der Waals surface area contributed by atoms with Gasteiger partial charge >= 0.3 is 0 Å². The minimum atomic E-state index is -0.964. The Morgan fingerprint density at radius 3 is 2.56 bits per heavy atom. The molecule has 0 unspecified atom stereocenters. The molecule has 1 N–H and O–H groups in total. The van der Waals surface area contributed by atoms with Crippen LogP contribution in [-0.2, 0) is 4.79 Å². The first-order chi connectivity index (χ1) is 12.0. The largest absolute Gasteiger partial charge is 0.346 e. The van der Waals surface area contributed by atoms with Crippen molar-refractivity contribution in [1.29, 1.82) is 0 Å². The first-order valence-corrected chi connectivity index (χ1v) is 7.96. The van der Waals surface area contributed by atoms with Crippen LogP contribution in [0.3, 0.4) is 0 Å². The van der Waals surface area contributed by atoms with Crippen molar-refractivity contribution in [1.82, 2.24) is 5.32 Å². The molecule has 126 valence electrons. The van der Waals surface area contributed by atoms with Gasteiger partial charge in [0.25, 0.3) is 0 Å². The van der Waals surface area contributed by atoms with Crippen LogP contribution >= 0.6 is 0 Å². The first-order valence-electron chi connectivity index (χ1n) is 7.96. The van der Waals surface area contributed by atoms with Crippen LogP contribution in [0.25, 0.3) is 16.8 Å². The van der Waals surface area contributed by atoms with E-state index in [1.54, 1.807) is 0 Å². The Hall–Kier alpha value is -3.01. The summed E-state index contributed by atoms with van der Waals surface area (Å²) in [4.78, 5) is 12.0. The van der Waals surface area contributed by atoms with Crippen molar-refractivity contribution in [3.63, 3.8) is 0 Å². The van der Waals surface area contributed by atoms with E-state index in [0.29, 0.717) is 0 Å². The van der Waals surface area contributed by atoms with E-state index in [9.17, 15) is 13.6 Å². The van der Waals surface area contributed by atoms with Crippen LogP contribution in [0, 0.1) is 11.6 Å². The quantitative estimate of drug-likeness (QED) is 0.666. The third-order valence-corrected chi connectivity index (χ3v) is 4.03. The molecule has 0 bridgehead atoms. The molecule has 0 aromatic heterocycles. The summed E-state index contributed by atoms with van der Waals surface area (Å²) in [7, 11) is 0. The van der Waals surface area contributed by atoms with Gasteiger partial charge in [0.15, 0.2) is 11.6 Å². The number of carbonyl (C=O) groups excluding carboxylic acids is 1. The maximum atomic E-state index is 13.6. The summed E-state index contributed by atoms with van der Waals surface area (Å²) in [5.74, 6) is -2.27. The van der Waals surface area contributed by atoms with Gasteiger partial charge in [-0.05, 0) is 41.5 Å². The molecule has 1 atom stereocenters. The fourth-order valence-corrected chi connectivity index (χ4v) is 2.64. The molecular weight excluding hydrogens is 320 g/mol. The van der Waals surface area contributed by atoms with Crippen molar-refractivity contribution in [2.24, 2.45) is 0 Å². The molecule has 0 saturated carbocycles. The van der Waals surface area contributed by atoms with Gasteiger partial charge in [0.05, 0.1) is 6.04 Å². The molecule has 0 heterocycles. The lowest BCUT2D eigenvalue weighted by Crippen LogP contribution is -2.24. The number of amides is 1. The van der Waals surface area contributed by atoms with Crippen molar-refractivity contribution in [3.05, 3.63) is 89.5 Å². The number of fused-ring (bicyclic) bond motifs is 1. The number of benzene rings is 3. The molecule has 0 radical (unpaired) electrons. The third-order valence-electron chi connectivity index (χ3n) is 4.03. The maximum Gasteiger partial charge on any atom is 0.244 e. The molecule has 1 amide bonds. The predicted octanol–water partition coefficient (Wildman–Crippen LogP) is 5.01. The van der Waals surface area contributed by atoms with Crippen LogP contribution in [0.2, 0.25) is 0 Å². The number of halogens is 2. The summed E-state index contributed by atoms with van der Waals surface area (Å²) in [5, 5.41) is 5.05. The van der Waals surface area contributed by atoms with Crippen molar-refractivity contribution >= 4 is 22.8 Å². The highest BCUT2D eigenvalue weighted by molar-refractivity contribution is 5.92. The molecule has 0 aliphatic heterocycles. The summed E-state index contributed by atoms with van der Waals surface area (Å²) in [6.07, 6.45) is 2.47. The zero-order valence-corrected chi connectivity index (χ0v) is 13.7. The van der Waals surface area contributed by atoms with Gasteiger partial charge in [0.2, 0.25) is 5.91 Å². The Labute approximate surface area is 144 Å². The van der Waals surface area contributed by atoms with Crippen LogP contribution in [-0.4, -0.2) is 5.91 Å². The fourth-order valence-electron chi connectivity index (χ4n) is 2.64. The fraction of sp³-hybridized carbons (Fsp3) is 0.0952. The van der Waals surface area contributed by atoms with Gasteiger partial charge in [-0.3, -0.25) is 4.79 Å². The number of hydrogen-bond acceptors (Lipinski definition) is 1. The molecule has 3 aromatic rings. The van der Waals surface area contributed by atoms with E-state index in [-0.39, 0.29) is 17.5 Å². The van der Waals surface area contributed by atoms with E-state index in [4.69, 9.17) is 0 Å². The molecule has 4 heteroatoms. The molecule has 0 fully saturated rings. The summed E-state index contributed by atoms with van der Waals surface area (Å²) in [6, 6.07) is 17.6. The van der Waals surface area contributed by atoms with Crippen molar-refractivity contribution < 1.29 is 13.6 Å². The average molecular weight is 337 g/mol. The second-order valence-corrected chi connectivity index (χ2v) is 5.81. The zero-order valence-electron chi connectivity index (χ0n) is 13.7. The average Bonchev–Trinajstić information content (AvgIpc) is 2.62. The van der Waals surface area contributed by atoms with Gasteiger partial charge in [-0.25, -0.2) is 8.78 Å². The van der Waals surface area contributed by atoms with Crippen LogP contribution in [0.4, 0.5) is 8.78 Å². The number of carbonyl (C=O) groups is 1. The Balaban J connectivity index is 1.71. The summed E-state index contributed by atoms with van der Waals surface area (Å²) in [5.41, 5.74) is 1.01. The van der Waals surface area contributed by atoms with E-state index < -0.39 is 11.6 Å². The monoisotopic (exact) mass is 337 g/mol. The molecule has 3 rings (SSSR count). The van der Waals surface area contributed by atoms with Crippen LogP contribution < -0.4 is 5.32 Å². The molecule has 3 aromatic carbocycles. The van der Waals surface area contributed by atoms with E-state index in [1.165, 1.54) is 24.3 Å². The molecule has 0 aliphatic rings. The van der Waals surface area contributed by atoms with E-state index in [0.717, 1.165) is 22.4 Å². The standard InChI is InChI=1S/C21H17F2NO/c1-14(17-10-9-15-5-2-3-6-18(15)13-17)24-20(25)12-11-16-7-4-8-19(22)21(16)23/h2-14H,1H3,(H,24,25)/b12-11+/t14-/m0/s1. The number of nitrogens with one attached hydrogen (secondary N) is 1. The number of rotatable bonds is 4. The highest BCUT2D eigenvalue weighted by Gasteiger charge is 2.09. The minimum Gasteiger partial charge on any atom is -0.346 e. The highest BCUT2D eigenvalue weighted by atomic mass is 19.2. The molecule has 2 nitrogen and oxygen atoms in total. The van der Waals surface area contributed by atoms with Gasteiger partial charge in [0, 0.05) is 11.6 Å². The van der Waals surface area contributed by atoms with Gasteiger partial charge in [-0.2, -0.15) is 0 Å². The summed E-state index contributed by atoms with van der Waals surface area (Å²) in [6.45, 7) is 1.87. The van der Waals surface area contributed by atoms with Crippen molar-refractivity contribution in [2.45, 2.75) is 13.0 Å². The van der Waals surface area contributed by atoms with Crippen molar-refractivity contribution in [2.75, 3.05) is 0 Å². The predicted molar refractivity (Wildman–Crippen MR) is 95.9 cm³/mol. The second-order valence-electron chi connectivity index (χ2n) is 5.81. The van der Waals surface area contributed by atoms with Gasteiger partial charge < -0.3 is 5.32 Å². The summed E-state index contributed by atoms with van der Waals surface area (Å²) >= 11 is 0. The van der Waals surface area contributed by atoms with Gasteiger partial charge in [-0.15, -0.1) is 0 Å². The minimum absolute atomic E-state index is 0.0357. The highest BCUT2D eigenvalue weighted by Crippen LogP contribution is 2.20. The SMILES string of the molecule is C[C@H](NC(=O)/C=C/c1cccc(F)c1F)c1ccc2ccccc2c1. The van der Waals surface area contributed by atoms with Crippen LogP contribution in [0.15, 0.2) is 66.7 Å². The van der Waals surface area contributed by atoms with E-state index in [2.05, 4.69) is 5.32 Å². The molecular formula is C21H17F2NO. The van der Waals surface area contributed by atoms with Gasteiger partial charge in [0.1, 0.15) is 0 Å². The molecule has 0 spiro atoms. The topological polar surface area (TPSA) is 29.1 Å². The Bertz CT molecular complexity index is 950. The molecule has 0 aliphatic carbocycles. The number of hydrogen-bond donors (Lipinski definition) is 1.